The molecular weight excluding hydrogens is 342 g/mol. The van der Waals surface area contributed by atoms with Crippen LogP contribution in [0.1, 0.15) is 37.5 Å². The maximum absolute atomic E-state index is 12.5. The number of anilines is 1. The zero-order valence-electron chi connectivity index (χ0n) is 14.4. The van der Waals surface area contributed by atoms with Crippen LogP contribution in [0, 0.1) is 0 Å². The second-order valence-corrected chi connectivity index (χ2v) is 6.09. The first-order valence-corrected chi connectivity index (χ1v) is 8.30. The highest BCUT2D eigenvalue weighted by molar-refractivity contribution is 5.89. The van der Waals surface area contributed by atoms with E-state index in [4.69, 9.17) is 4.52 Å². The minimum Gasteiger partial charge on any atom is -0.337 e. The van der Waals surface area contributed by atoms with Crippen molar-refractivity contribution in [2.24, 2.45) is 0 Å². The van der Waals surface area contributed by atoms with E-state index in [0.717, 1.165) is 18.5 Å². The topological polar surface area (TPSA) is 83.3 Å². The molecular formula is C17H24ClN5O2. The van der Waals surface area contributed by atoms with E-state index in [2.05, 4.69) is 27.7 Å². The molecule has 0 radical (unpaired) electrons. The van der Waals surface area contributed by atoms with Gasteiger partial charge >= 0.3 is 6.03 Å². The van der Waals surface area contributed by atoms with Gasteiger partial charge in [0.15, 0.2) is 5.82 Å². The van der Waals surface area contributed by atoms with E-state index in [0.29, 0.717) is 24.7 Å². The molecule has 1 aromatic heterocycles. The number of carbonyl (C=O) groups excluding carboxylic acids is 1. The Kier molecular flexibility index (Phi) is 6.78. The maximum Gasteiger partial charge on any atom is 0.322 e. The zero-order valence-corrected chi connectivity index (χ0v) is 15.3. The van der Waals surface area contributed by atoms with Gasteiger partial charge in [0.25, 0.3) is 0 Å². The summed E-state index contributed by atoms with van der Waals surface area (Å²) in [6, 6.07) is 9.43. The highest BCUT2D eigenvalue weighted by Crippen LogP contribution is 2.31. The van der Waals surface area contributed by atoms with Gasteiger partial charge < -0.3 is 20.1 Å². The smallest absolute Gasteiger partial charge is 0.322 e. The number of nitrogens with one attached hydrogen (secondary N) is 2. The van der Waals surface area contributed by atoms with Crippen LogP contribution in [0.2, 0.25) is 0 Å². The van der Waals surface area contributed by atoms with Crippen LogP contribution in [-0.2, 0) is 6.42 Å². The quantitative estimate of drug-likeness (QED) is 0.850. The first-order chi connectivity index (χ1) is 11.7. The average Bonchev–Trinajstić information content (AvgIpc) is 3.24. The summed E-state index contributed by atoms with van der Waals surface area (Å²) in [6.45, 7) is 2.75. The standard InChI is InChI=1S/C17H23N5O2.ClH/c1-12(18-2)11-15-20-16(24-21-15)14-9-6-10-22(14)17(23)19-13-7-4-3-5-8-13;/h3-5,7-8,12,14,18H,6,9-11H2,1-2H3,(H,19,23);1H. The van der Waals surface area contributed by atoms with Gasteiger partial charge in [0.1, 0.15) is 6.04 Å². The van der Waals surface area contributed by atoms with Crippen LogP contribution in [0.5, 0.6) is 0 Å². The number of rotatable bonds is 5. The summed E-state index contributed by atoms with van der Waals surface area (Å²) in [5.74, 6) is 1.19. The number of hydrogen-bond donors (Lipinski definition) is 2. The lowest BCUT2D eigenvalue weighted by molar-refractivity contribution is 0.193. The van der Waals surface area contributed by atoms with E-state index in [1.807, 2.05) is 37.4 Å². The monoisotopic (exact) mass is 365 g/mol. The van der Waals surface area contributed by atoms with Gasteiger partial charge in [-0.1, -0.05) is 23.4 Å². The molecule has 0 aliphatic carbocycles. The number of carbonyl (C=O) groups is 1. The molecule has 0 bridgehead atoms. The molecule has 2 unspecified atom stereocenters. The second-order valence-electron chi connectivity index (χ2n) is 6.09. The largest absolute Gasteiger partial charge is 0.337 e. The number of likely N-dealkylation sites (N-methyl/N-ethyl adjacent to an activating group) is 1. The molecule has 2 aromatic rings. The fourth-order valence-electron chi connectivity index (χ4n) is 2.84. The molecule has 1 aliphatic rings. The van der Waals surface area contributed by atoms with Crippen LogP contribution in [0.3, 0.4) is 0 Å². The molecule has 1 aromatic carbocycles. The molecule has 2 heterocycles. The van der Waals surface area contributed by atoms with Gasteiger partial charge in [-0.25, -0.2) is 4.79 Å². The van der Waals surface area contributed by atoms with Crippen molar-refractivity contribution < 1.29 is 9.32 Å². The molecule has 1 aliphatic heterocycles. The SMILES string of the molecule is CNC(C)Cc1noc(C2CCCN2C(=O)Nc2ccccc2)n1.Cl. The number of para-hydroxylation sites is 1. The van der Waals surface area contributed by atoms with Crippen molar-refractivity contribution in [3.63, 3.8) is 0 Å². The van der Waals surface area contributed by atoms with Crippen LogP contribution in [0.4, 0.5) is 10.5 Å². The summed E-state index contributed by atoms with van der Waals surface area (Å²) in [4.78, 5) is 18.8. The van der Waals surface area contributed by atoms with Gasteiger partial charge in [0, 0.05) is 24.7 Å². The minimum atomic E-state index is -0.153. The van der Waals surface area contributed by atoms with Gasteiger partial charge in [0.2, 0.25) is 5.89 Å². The molecule has 1 saturated heterocycles. The summed E-state index contributed by atoms with van der Waals surface area (Å²) in [7, 11) is 1.90. The number of hydrogen-bond acceptors (Lipinski definition) is 5. The molecule has 25 heavy (non-hydrogen) atoms. The molecule has 2 N–H and O–H groups in total. The van der Waals surface area contributed by atoms with Crippen molar-refractivity contribution in [2.45, 2.75) is 38.3 Å². The fourth-order valence-corrected chi connectivity index (χ4v) is 2.84. The number of halogens is 1. The lowest BCUT2D eigenvalue weighted by atomic mass is 10.2. The summed E-state index contributed by atoms with van der Waals surface area (Å²) in [5.41, 5.74) is 0.780. The molecule has 2 amide bonds. The van der Waals surface area contributed by atoms with Gasteiger partial charge in [0.05, 0.1) is 0 Å². The number of benzene rings is 1. The van der Waals surface area contributed by atoms with Gasteiger partial charge in [-0.3, -0.25) is 0 Å². The van der Waals surface area contributed by atoms with Crippen LogP contribution >= 0.6 is 12.4 Å². The Morgan fingerprint density at radius 3 is 2.88 bits per heavy atom. The molecule has 2 atom stereocenters. The van der Waals surface area contributed by atoms with Crippen molar-refractivity contribution in [1.29, 1.82) is 0 Å². The predicted molar refractivity (Wildman–Crippen MR) is 97.9 cm³/mol. The van der Waals surface area contributed by atoms with E-state index >= 15 is 0 Å². The van der Waals surface area contributed by atoms with Gasteiger partial charge in [-0.15, -0.1) is 12.4 Å². The summed E-state index contributed by atoms with van der Waals surface area (Å²) in [5, 5.41) is 10.1. The third-order valence-corrected chi connectivity index (χ3v) is 4.29. The van der Waals surface area contributed by atoms with Crippen LogP contribution in [0.25, 0.3) is 0 Å². The summed E-state index contributed by atoms with van der Waals surface area (Å²) < 4.78 is 5.41. The molecule has 136 valence electrons. The molecule has 0 saturated carbocycles. The Balaban J connectivity index is 0.00000225. The summed E-state index contributed by atoms with van der Waals surface area (Å²) in [6.07, 6.45) is 2.46. The Hall–Kier alpha value is -2.12. The van der Waals surface area contributed by atoms with Gasteiger partial charge in [-0.2, -0.15) is 4.98 Å². The number of aromatic nitrogens is 2. The lowest BCUT2D eigenvalue weighted by Crippen LogP contribution is -2.34. The normalized spacial score (nSPS) is 17.8. The third kappa shape index (κ3) is 4.70. The lowest BCUT2D eigenvalue weighted by Gasteiger charge is -2.22. The van der Waals surface area contributed by atoms with Gasteiger partial charge in [-0.05, 0) is 38.9 Å². The predicted octanol–water partition coefficient (Wildman–Crippen LogP) is 3.01. The fraction of sp³-hybridized carbons (Fsp3) is 0.471. The summed E-state index contributed by atoms with van der Waals surface area (Å²) >= 11 is 0. The number of nitrogens with zero attached hydrogens (tertiary/aromatic N) is 3. The van der Waals surface area contributed by atoms with Crippen LogP contribution < -0.4 is 10.6 Å². The first-order valence-electron chi connectivity index (χ1n) is 8.30. The van der Waals surface area contributed by atoms with Crippen LogP contribution in [0.15, 0.2) is 34.9 Å². The zero-order chi connectivity index (χ0) is 16.9. The van der Waals surface area contributed by atoms with Crippen molar-refractivity contribution >= 4 is 24.1 Å². The highest BCUT2D eigenvalue weighted by Gasteiger charge is 2.34. The minimum absolute atomic E-state index is 0. The van der Waals surface area contributed by atoms with Crippen LogP contribution in [-0.4, -0.2) is 40.7 Å². The van der Waals surface area contributed by atoms with E-state index in [-0.39, 0.29) is 30.5 Å². The third-order valence-electron chi connectivity index (χ3n) is 4.29. The molecule has 0 spiro atoms. The Labute approximate surface area is 153 Å². The number of amides is 2. The number of urea groups is 1. The Bertz CT molecular complexity index is 679. The van der Waals surface area contributed by atoms with Crippen molar-refractivity contribution in [2.75, 3.05) is 18.9 Å². The molecule has 1 fully saturated rings. The number of likely N-dealkylation sites (tertiary alicyclic amines) is 1. The van der Waals surface area contributed by atoms with E-state index in [1.165, 1.54) is 0 Å². The Morgan fingerprint density at radius 1 is 1.40 bits per heavy atom. The van der Waals surface area contributed by atoms with Crippen molar-refractivity contribution in [3.8, 4) is 0 Å². The molecule has 3 rings (SSSR count). The van der Waals surface area contributed by atoms with E-state index < -0.39 is 0 Å². The van der Waals surface area contributed by atoms with E-state index in [9.17, 15) is 4.79 Å². The van der Waals surface area contributed by atoms with Crippen molar-refractivity contribution in [3.05, 3.63) is 42.0 Å². The average molecular weight is 366 g/mol. The molecule has 7 nitrogen and oxygen atoms in total. The maximum atomic E-state index is 12.5. The highest BCUT2D eigenvalue weighted by atomic mass is 35.5. The second kappa shape index (κ2) is 8.82. The Morgan fingerprint density at radius 2 is 2.16 bits per heavy atom. The van der Waals surface area contributed by atoms with Crippen molar-refractivity contribution in [1.82, 2.24) is 20.4 Å². The first kappa shape index (κ1) is 19.2. The molecule has 8 heteroatoms. The van der Waals surface area contributed by atoms with E-state index in [1.54, 1.807) is 4.90 Å².